The molecule has 1 aromatic heterocycles. The quantitative estimate of drug-likeness (QED) is 0.407. The number of likely N-dealkylation sites (tertiary alicyclic amines) is 1. The van der Waals surface area contributed by atoms with Crippen molar-refractivity contribution in [2.75, 3.05) is 30.3 Å². The number of nitro groups is 1. The van der Waals surface area contributed by atoms with Gasteiger partial charge in [0.1, 0.15) is 17.8 Å². The van der Waals surface area contributed by atoms with Crippen LogP contribution in [0.5, 0.6) is 0 Å². The minimum absolute atomic E-state index is 0.0225. The molecule has 0 atom stereocenters. The second-order valence-electron chi connectivity index (χ2n) is 7.90. The first-order valence-electron chi connectivity index (χ1n) is 10.8. The van der Waals surface area contributed by atoms with E-state index in [2.05, 4.69) is 49.8 Å². The highest BCUT2D eigenvalue weighted by Crippen LogP contribution is 2.32. The van der Waals surface area contributed by atoms with Gasteiger partial charge in [0.25, 0.3) is 5.69 Å². The summed E-state index contributed by atoms with van der Waals surface area (Å²) >= 11 is 0. The standard InChI is InChI=1S/C23H28N6O2/c1-2-24-21-13-20-19(12-22(21)29(30)31)23(27-16-26-20)25-14-17-6-8-18(9-7-17)15-28-10-4-3-5-11-28/h6-9,12-13,16,24H,2-5,10-11,14-15H2,1H3,(H,25,26,27). The van der Waals surface area contributed by atoms with Gasteiger partial charge in [0.15, 0.2) is 0 Å². The number of rotatable bonds is 8. The van der Waals surface area contributed by atoms with E-state index in [9.17, 15) is 10.1 Å². The molecule has 31 heavy (non-hydrogen) atoms. The van der Waals surface area contributed by atoms with Gasteiger partial charge in [-0.2, -0.15) is 0 Å². The van der Waals surface area contributed by atoms with Crippen LogP contribution >= 0.6 is 0 Å². The average molecular weight is 421 g/mol. The third-order valence-corrected chi connectivity index (χ3v) is 5.65. The third-order valence-electron chi connectivity index (χ3n) is 5.65. The Morgan fingerprint density at radius 1 is 1.03 bits per heavy atom. The highest BCUT2D eigenvalue weighted by Gasteiger charge is 2.17. The third kappa shape index (κ3) is 5.08. The van der Waals surface area contributed by atoms with Crippen LogP contribution < -0.4 is 10.6 Å². The summed E-state index contributed by atoms with van der Waals surface area (Å²) in [5.41, 5.74) is 3.61. The molecule has 1 aliphatic rings. The first-order chi connectivity index (χ1) is 15.1. The molecule has 1 saturated heterocycles. The predicted octanol–water partition coefficient (Wildman–Crippen LogP) is 4.57. The molecule has 4 rings (SSSR count). The summed E-state index contributed by atoms with van der Waals surface area (Å²) in [7, 11) is 0. The van der Waals surface area contributed by atoms with Gasteiger partial charge in [-0.05, 0) is 50.0 Å². The fourth-order valence-corrected chi connectivity index (χ4v) is 4.04. The molecule has 2 N–H and O–H groups in total. The Bertz CT molecular complexity index is 1050. The number of fused-ring (bicyclic) bond motifs is 1. The summed E-state index contributed by atoms with van der Waals surface area (Å²) in [6.45, 7) is 6.45. The van der Waals surface area contributed by atoms with Gasteiger partial charge < -0.3 is 10.6 Å². The minimum Gasteiger partial charge on any atom is -0.380 e. The van der Waals surface area contributed by atoms with E-state index >= 15 is 0 Å². The lowest BCUT2D eigenvalue weighted by Crippen LogP contribution is -2.29. The van der Waals surface area contributed by atoms with Crippen molar-refractivity contribution < 1.29 is 4.92 Å². The van der Waals surface area contributed by atoms with Gasteiger partial charge >= 0.3 is 0 Å². The number of anilines is 2. The Labute approximate surface area is 181 Å². The lowest BCUT2D eigenvalue weighted by Gasteiger charge is -2.26. The average Bonchev–Trinajstić information content (AvgIpc) is 2.79. The zero-order chi connectivity index (χ0) is 21.6. The molecule has 2 aromatic carbocycles. The fourth-order valence-electron chi connectivity index (χ4n) is 4.04. The van der Waals surface area contributed by atoms with E-state index in [-0.39, 0.29) is 10.6 Å². The lowest BCUT2D eigenvalue weighted by molar-refractivity contribution is -0.383. The normalized spacial score (nSPS) is 14.5. The van der Waals surface area contributed by atoms with Gasteiger partial charge in [0.05, 0.1) is 10.4 Å². The first kappa shape index (κ1) is 21.0. The molecule has 1 aliphatic heterocycles. The SMILES string of the molecule is CCNc1cc2ncnc(NCc3ccc(CN4CCCCC4)cc3)c2cc1[N+](=O)[O-]. The maximum absolute atomic E-state index is 11.5. The van der Waals surface area contributed by atoms with Crippen LogP contribution in [-0.4, -0.2) is 39.4 Å². The zero-order valence-electron chi connectivity index (χ0n) is 17.8. The lowest BCUT2D eigenvalue weighted by atomic mass is 10.1. The summed E-state index contributed by atoms with van der Waals surface area (Å²) in [6, 6.07) is 11.9. The van der Waals surface area contributed by atoms with Gasteiger partial charge in [0.2, 0.25) is 0 Å². The Balaban J connectivity index is 1.48. The number of hydrogen-bond donors (Lipinski definition) is 2. The van der Waals surface area contributed by atoms with Gasteiger partial charge in [-0.1, -0.05) is 30.7 Å². The monoisotopic (exact) mass is 420 g/mol. The van der Waals surface area contributed by atoms with E-state index in [0.29, 0.717) is 35.5 Å². The molecule has 2 heterocycles. The number of nitrogens with one attached hydrogen (secondary N) is 2. The van der Waals surface area contributed by atoms with E-state index in [1.54, 1.807) is 6.07 Å². The van der Waals surface area contributed by atoms with E-state index < -0.39 is 0 Å². The Morgan fingerprint density at radius 3 is 2.48 bits per heavy atom. The fraction of sp³-hybridized carbons (Fsp3) is 0.391. The summed E-state index contributed by atoms with van der Waals surface area (Å²) in [5, 5.41) is 18.5. The summed E-state index contributed by atoms with van der Waals surface area (Å²) in [4.78, 5) is 22.2. The van der Waals surface area contributed by atoms with Crippen molar-refractivity contribution >= 4 is 28.1 Å². The molecule has 0 spiro atoms. The molecule has 162 valence electrons. The molecule has 0 saturated carbocycles. The maximum Gasteiger partial charge on any atom is 0.293 e. The van der Waals surface area contributed by atoms with Crippen molar-refractivity contribution in [3.8, 4) is 0 Å². The van der Waals surface area contributed by atoms with E-state index in [1.807, 2.05) is 6.92 Å². The molecule has 0 bridgehead atoms. The van der Waals surface area contributed by atoms with Gasteiger partial charge in [-0.25, -0.2) is 9.97 Å². The topological polar surface area (TPSA) is 96.2 Å². The van der Waals surface area contributed by atoms with E-state index in [1.165, 1.54) is 50.3 Å². The smallest absolute Gasteiger partial charge is 0.293 e. The molecular weight excluding hydrogens is 392 g/mol. The van der Waals surface area contributed by atoms with Crippen LogP contribution in [0.3, 0.4) is 0 Å². The molecule has 0 amide bonds. The zero-order valence-corrected chi connectivity index (χ0v) is 17.8. The molecule has 0 aliphatic carbocycles. The van der Waals surface area contributed by atoms with Gasteiger partial charge in [0, 0.05) is 31.1 Å². The van der Waals surface area contributed by atoms with Crippen molar-refractivity contribution in [2.24, 2.45) is 0 Å². The maximum atomic E-state index is 11.5. The van der Waals surface area contributed by atoms with Crippen LogP contribution in [0.25, 0.3) is 10.9 Å². The van der Waals surface area contributed by atoms with Crippen LogP contribution in [0.2, 0.25) is 0 Å². The number of piperidine rings is 1. The van der Waals surface area contributed by atoms with Crippen molar-refractivity contribution in [3.05, 3.63) is 64.0 Å². The molecule has 8 nitrogen and oxygen atoms in total. The number of benzene rings is 2. The van der Waals surface area contributed by atoms with Crippen LogP contribution in [0.15, 0.2) is 42.7 Å². The van der Waals surface area contributed by atoms with Crippen molar-refractivity contribution in [1.82, 2.24) is 14.9 Å². The van der Waals surface area contributed by atoms with E-state index in [0.717, 1.165) is 12.1 Å². The molecular formula is C23H28N6O2. The van der Waals surface area contributed by atoms with E-state index in [4.69, 9.17) is 0 Å². The molecule has 0 radical (unpaired) electrons. The summed E-state index contributed by atoms with van der Waals surface area (Å²) < 4.78 is 0. The minimum atomic E-state index is -0.380. The van der Waals surface area contributed by atoms with Crippen molar-refractivity contribution in [2.45, 2.75) is 39.3 Å². The first-order valence-corrected chi connectivity index (χ1v) is 10.8. The van der Waals surface area contributed by atoms with Crippen molar-refractivity contribution in [1.29, 1.82) is 0 Å². The second kappa shape index (κ2) is 9.70. The van der Waals surface area contributed by atoms with Gasteiger partial charge in [-0.3, -0.25) is 15.0 Å². The Morgan fingerprint density at radius 2 is 1.77 bits per heavy atom. The Kier molecular flexibility index (Phi) is 6.57. The summed E-state index contributed by atoms with van der Waals surface area (Å²) in [6.07, 6.45) is 5.42. The van der Waals surface area contributed by atoms with Crippen molar-refractivity contribution in [3.63, 3.8) is 0 Å². The van der Waals surface area contributed by atoms with Gasteiger partial charge in [-0.15, -0.1) is 0 Å². The number of aromatic nitrogens is 2. The van der Waals surface area contributed by atoms with Crippen LogP contribution in [0, 0.1) is 10.1 Å². The number of nitrogens with zero attached hydrogens (tertiary/aromatic N) is 4. The highest BCUT2D eigenvalue weighted by molar-refractivity contribution is 5.94. The summed E-state index contributed by atoms with van der Waals surface area (Å²) in [5.74, 6) is 0.591. The molecule has 8 heteroatoms. The highest BCUT2D eigenvalue weighted by atomic mass is 16.6. The molecule has 3 aromatic rings. The molecule has 1 fully saturated rings. The largest absolute Gasteiger partial charge is 0.380 e. The van der Waals surface area contributed by atoms with Crippen LogP contribution in [0.4, 0.5) is 17.2 Å². The number of hydrogen-bond acceptors (Lipinski definition) is 7. The van der Waals surface area contributed by atoms with Crippen LogP contribution in [0.1, 0.15) is 37.3 Å². The Hall–Kier alpha value is -3.26. The second-order valence-corrected chi connectivity index (χ2v) is 7.90. The predicted molar refractivity (Wildman–Crippen MR) is 123 cm³/mol. The number of nitro benzene ring substituents is 1. The van der Waals surface area contributed by atoms with Crippen LogP contribution in [-0.2, 0) is 13.1 Å². The molecule has 0 unspecified atom stereocenters.